The SMILES string of the molecule is CC(=O)NC1CC(=O)N(c2ccc(O)cc2)C1. The number of amides is 2. The van der Waals surface area contributed by atoms with Crippen molar-refractivity contribution in [1.29, 1.82) is 0 Å². The van der Waals surface area contributed by atoms with Crippen molar-refractivity contribution in [3.05, 3.63) is 24.3 Å². The summed E-state index contributed by atoms with van der Waals surface area (Å²) in [5.41, 5.74) is 0.737. The predicted molar refractivity (Wildman–Crippen MR) is 62.7 cm³/mol. The lowest BCUT2D eigenvalue weighted by Crippen LogP contribution is -2.35. The molecular weight excluding hydrogens is 220 g/mol. The Labute approximate surface area is 99.0 Å². The molecule has 1 aromatic carbocycles. The molecule has 1 aromatic rings. The highest BCUT2D eigenvalue weighted by atomic mass is 16.3. The molecule has 0 aliphatic carbocycles. The molecule has 1 fully saturated rings. The molecule has 1 aliphatic rings. The minimum atomic E-state index is -0.131. The first-order valence-corrected chi connectivity index (χ1v) is 5.43. The van der Waals surface area contributed by atoms with Crippen LogP contribution in [0.3, 0.4) is 0 Å². The normalized spacial score (nSPS) is 19.5. The summed E-state index contributed by atoms with van der Waals surface area (Å²) in [6, 6.07) is 6.31. The zero-order valence-corrected chi connectivity index (χ0v) is 9.51. The number of phenols is 1. The van der Waals surface area contributed by atoms with Crippen molar-refractivity contribution in [2.24, 2.45) is 0 Å². The number of rotatable bonds is 2. The Hall–Kier alpha value is -2.04. The summed E-state index contributed by atoms with van der Waals surface area (Å²) in [5, 5.41) is 11.9. The van der Waals surface area contributed by atoms with E-state index in [0.717, 1.165) is 5.69 Å². The van der Waals surface area contributed by atoms with Gasteiger partial charge >= 0.3 is 0 Å². The number of aromatic hydroxyl groups is 1. The largest absolute Gasteiger partial charge is 0.508 e. The zero-order valence-electron chi connectivity index (χ0n) is 9.51. The van der Waals surface area contributed by atoms with Crippen molar-refractivity contribution in [2.75, 3.05) is 11.4 Å². The van der Waals surface area contributed by atoms with E-state index >= 15 is 0 Å². The van der Waals surface area contributed by atoms with E-state index in [1.54, 1.807) is 17.0 Å². The summed E-state index contributed by atoms with van der Waals surface area (Å²) in [7, 11) is 0. The Morgan fingerprint density at radius 1 is 1.41 bits per heavy atom. The second-order valence-corrected chi connectivity index (χ2v) is 4.12. The molecule has 0 saturated carbocycles. The maximum Gasteiger partial charge on any atom is 0.229 e. The third-order valence-corrected chi connectivity index (χ3v) is 2.69. The van der Waals surface area contributed by atoms with Gasteiger partial charge in [0.25, 0.3) is 0 Å². The van der Waals surface area contributed by atoms with Crippen LogP contribution in [0.1, 0.15) is 13.3 Å². The molecule has 1 aliphatic heterocycles. The smallest absolute Gasteiger partial charge is 0.229 e. The van der Waals surface area contributed by atoms with Crippen LogP contribution in [0.25, 0.3) is 0 Å². The Bertz CT molecular complexity index is 442. The van der Waals surface area contributed by atoms with Crippen molar-refractivity contribution in [3.8, 4) is 5.75 Å². The number of nitrogens with one attached hydrogen (secondary N) is 1. The average molecular weight is 234 g/mol. The van der Waals surface area contributed by atoms with Crippen LogP contribution in [0.4, 0.5) is 5.69 Å². The molecule has 5 heteroatoms. The highest BCUT2D eigenvalue weighted by molar-refractivity contribution is 5.96. The second-order valence-electron chi connectivity index (χ2n) is 4.12. The first-order chi connectivity index (χ1) is 8.06. The number of phenolic OH excluding ortho intramolecular Hbond substituents is 1. The summed E-state index contributed by atoms with van der Waals surface area (Å²) in [4.78, 5) is 24.3. The van der Waals surface area contributed by atoms with Crippen molar-refractivity contribution in [2.45, 2.75) is 19.4 Å². The van der Waals surface area contributed by atoms with Crippen LogP contribution < -0.4 is 10.2 Å². The quantitative estimate of drug-likeness (QED) is 0.788. The van der Waals surface area contributed by atoms with E-state index in [0.29, 0.717) is 13.0 Å². The minimum Gasteiger partial charge on any atom is -0.508 e. The summed E-state index contributed by atoms with van der Waals surface area (Å²) in [6.45, 7) is 1.91. The monoisotopic (exact) mass is 234 g/mol. The van der Waals surface area contributed by atoms with Crippen LogP contribution in [0.15, 0.2) is 24.3 Å². The number of hydrogen-bond donors (Lipinski definition) is 2. The highest BCUT2D eigenvalue weighted by Crippen LogP contribution is 2.23. The molecule has 0 aromatic heterocycles. The molecule has 1 saturated heterocycles. The minimum absolute atomic E-state index is 0.0190. The van der Waals surface area contributed by atoms with Crippen LogP contribution >= 0.6 is 0 Å². The lowest BCUT2D eigenvalue weighted by Gasteiger charge is -2.16. The van der Waals surface area contributed by atoms with Gasteiger partial charge in [0.15, 0.2) is 0 Å². The fraction of sp³-hybridized carbons (Fsp3) is 0.333. The van der Waals surface area contributed by atoms with Gasteiger partial charge in [-0.05, 0) is 24.3 Å². The van der Waals surface area contributed by atoms with Gasteiger partial charge in [0.1, 0.15) is 5.75 Å². The zero-order chi connectivity index (χ0) is 12.4. The van der Waals surface area contributed by atoms with Crippen LogP contribution in [-0.4, -0.2) is 29.5 Å². The molecule has 17 heavy (non-hydrogen) atoms. The third-order valence-electron chi connectivity index (χ3n) is 2.69. The van der Waals surface area contributed by atoms with Crippen molar-refractivity contribution in [1.82, 2.24) is 5.32 Å². The van der Waals surface area contributed by atoms with E-state index in [2.05, 4.69) is 5.32 Å². The van der Waals surface area contributed by atoms with Gasteiger partial charge < -0.3 is 15.3 Å². The van der Waals surface area contributed by atoms with Gasteiger partial charge in [-0.1, -0.05) is 0 Å². The fourth-order valence-electron chi connectivity index (χ4n) is 1.97. The van der Waals surface area contributed by atoms with Crippen LogP contribution in [0.2, 0.25) is 0 Å². The van der Waals surface area contributed by atoms with E-state index < -0.39 is 0 Å². The standard InChI is InChI=1S/C12H14N2O3/c1-8(15)13-9-6-12(17)14(7-9)10-2-4-11(16)5-3-10/h2-5,9,16H,6-7H2,1H3,(H,13,15). The lowest BCUT2D eigenvalue weighted by atomic mass is 10.2. The van der Waals surface area contributed by atoms with Crippen LogP contribution in [0.5, 0.6) is 5.75 Å². The first-order valence-electron chi connectivity index (χ1n) is 5.43. The van der Waals surface area contributed by atoms with Gasteiger partial charge in [-0.15, -0.1) is 0 Å². The molecule has 2 amide bonds. The van der Waals surface area contributed by atoms with E-state index in [1.807, 2.05) is 0 Å². The van der Waals surface area contributed by atoms with Gasteiger partial charge in [-0.25, -0.2) is 0 Å². The molecule has 90 valence electrons. The fourth-order valence-corrected chi connectivity index (χ4v) is 1.97. The van der Waals surface area contributed by atoms with Gasteiger partial charge in [-0.3, -0.25) is 9.59 Å². The lowest BCUT2D eigenvalue weighted by molar-refractivity contribution is -0.119. The third kappa shape index (κ3) is 2.55. The molecule has 2 N–H and O–H groups in total. The first kappa shape index (κ1) is 11.4. The highest BCUT2D eigenvalue weighted by Gasteiger charge is 2.30. The summed E-state index contributed by atoms with van der Waals surface area (Å²) < 4.78 is 0. The molecule has 2 rings (SSSR count). The number of hydrogen-bond acceptors (Lipinski definition) is 3. The van der Waals surface area contributed by atoms with Gasteiger partial charge in [0.2, 0.25) is 11.8 Å². The molecule has 0 bridgehead atoms. The summed E-state index contributed by atoms with van der Waals surface area (Å²) in [5.74, 6) is 0.0172. The Morgan fingerprint density at radius 2 is 2.06 bits per heavy atom. The van der Waals surface area contributed by atoms with Gasteiger partial charge in [0.05, 0.1) is 6.04 Å². The maximum atomic E-state index is 11.8. The summed E-state index contributed by atoms with van der Waals surface area (Å²) >= 11 is 0. The number of carbonyl (C=O) groups excluding carboxylic acids is 2. The molecule has 0 spiro atoms. The van der Waals surface area contributed by atoms with Crippen molar-refractivity contribution in [3.63, 3.8) is 0 Å². The van der Waals surface area contributed by atoms with E-state index in [9.17, 15) is 14.7 Å². The molecule has 0 radical (unpaired) electrons. The van der Waals surface area contributed by atoms with E-state index in [4.69, 9.17) is 0 Å². The van der Waals surface area contributed by atoms with E-state index in [-0.39, 0.29) is 23.6 Å². The Kier molecular flexibility index (Phi) is 2.99. The van der Waals surface area contributed by atoms with Crippen LogP contribution in [0, 0.1) is 0 Å². The second kappa shape index (κ2) is 4.45. The Morgan fingerprint density at radius 3 is 2.65 bits per heavy atom. The number of nitrogens with zero attached hydrogens (tertiary/aromatic N) is 1. The molecule has 5 nitrogen and oxygen atoms in total. The summed E-state index contributed by atoms with van der Waals surface area (Å²) in [6.07, 6.45) is 0.320. The Balaban J connectivity index is 2.10. The molecule has 1 unspecified atom stereocenters. The average Bonchev–Trinajstić information content (AvgIpc) is 2.59. The number of carbonyl (C=O) groups is 2. The number of anilines is 1. The number of benzene rings is 1. The van der Waals surface area contributed by atoms with Gasteiger partial charge in [0, 0.05) is 25.6 Å². The predicted octanol–water partition coefficient (Wildman–Crippen LogP) is 0.634. The van der Waals surface area contributed by atoms with E-state index in [1.165, 1.54) is 19.1 Å². The molecular formula is C12H14N2O3. The van der Waals surface area contributed by atoms with Crippen LogP contribution in [-0.2, 0) is 9.59 Å². The molecule has 1 atom stereocenters. The maximum absolute atomic E-state index is 11.8. The van der Waals surface area contributed by atoms with Crippen molar-refractivity contribution < 1.29 is 14.7 Å². The van der Waals surface area contributed by atoms with Crippen molar-refractivity contribution >= 4 is 17.5 Å². The topological polar surface area (TPSA) is 69.6 Å². The van der Waals surface area contributed by atoms with Gasteiger partial charge in [-0.2, -0.15) is 0 Å². The molecule has 1 heterocycles.